The summed E-state index contributed by atoms with van der Waals surface area (Å²) in [7, 11) is 0. The van der Waals surface area contributed by atoms with E-state index in [0.717, 1.165) is 12.8 Å². The summed E-state index contributed by atoms with van der Waals surface area (Å²) in [4.78, 5) is 29.4. The predicted octanol–water partition coefficient (Wildman–Crippen LogP) is 0.470. The van der Waals surface area contributed by atoms with Crippen molar-refractivity contribution < 1.29 is 14.3 Å². The van der Waals surface area contributed by atoms with Crippen molar-refractivity contribution in [1.29, 1.82) is 0 Å². The van der Waals surface area contributed by atoms with Gasteiger partial charge in [0.2, 0.25) is 5.91 Å². The number of aryl methyl sites for hydroxylation is 1. The van der Waals surface area contributed by atoms with Gasteiger partial charge >= 0.3 is 5.97 Å². The molecule has 1 amide bonds. The summed E-state index contributed by atoms with van der Waals surface area (Å²) in [6, 6.07) is 0. The van der Waals surface area contributed by atoms with E-state index in [1.165, 1.54) is 6.33 Å². The molecule has 1 aliphatic rings. The Morgan fingerprint density at radius 1 is 1.45 bits per heavy atom. The number of ether oxygens (including phenoxy) is 1. The third kappa shape index (κ3) is 3.79. The standard InChI is InChI=1S/C13H20N4O3/c1-2-20-13(19)11-4-3-6-16(8-11)12(18)5-7-17-10-14-9-15-17/h9-11H,2-8H2,1H3/t11-/m0/s1. The number of carbonyl (C=O) groups excluding carboxylic acids is 2. The average molecular weight is 280 g/mol. The minimum absolute atomic E-state index is 0.0505. The molecular weight excluding hydrogens is 260 g/mol. The molecular formula is C13H20N4O3. The largest absolute Gasteiger partial charge is 0.466 e. The number of amides is 1. The second kappa shape index (κ2) is 7.02. The SMILES string of the molecule is CCOC(=O)[C@H]1CCCN(C(=O)CCn2cncn2)C1. The van der Waals surface area contributed by atoms with Crippen molar-refractivity contribution in [3.05, 3.63) is 12.7 Å². The number of carbonyl (C=O) groups is 2. The number of esters is 1. The van der Waals surface area contributed by atoms with E-state index in [-0.39, 0.29) is 17.8 Å². The Morgan fingerprint density at radius 3 is 3.00 bits per heavy atom. The number of piperidine rings is 1. The number of hydrogen-bond donors (Lipinski definition) is 0. The molecule has 0 N–H and O–H groups in total. The monoisotopic (exact) mass is 280 g/mol. The summed E-state index contributed by atoms with van der Waals surface area (Å²) in [5.74, 6) is -0.324. The summed E-state index contributed by atoms with van der Waals surface area (Å²) in [6.45, 7) is 3.87. The van der Waals surface area contributed by atoms with E-state index in [2.05, 4.69) is 10.1 Å². The molecule has 7 heteroatoms. The fourth-order valence-electron chi connectivity index (χ4n) is 2.37. The van der Waals surface area contributed by atoms with Gasteiger partial charge in [-0.05, 0) is 19.8 Å². The van der Waals surface area contributed by atoms with E-state index in [9.17, 15) is 9.59 Å². The van der Waals surface area contributed by atoms with Crippen molar-refractivity contribution in [3.8, 4) is 0 Å². The Hall–Kier alpha value is -1.92. The molecule has 1 saturated heterocycles. The summed E-state index contributed by atoms with van der Waals surface area (Å²) in [5.41, 5.74) is 0. The second-order valence-corrected chi connectivity index (χ2v) is 4.84. The van der Waals surface area contributed by atoms with E-state index in [0.29, 0.717) is 32.7 Å². The average Bonchev–Trinajstić information content (AvgIpc) is 2.98. The van der Waals surface area contributed by atoms with Crippen LogP contribution in [0.2, 0.25) is 0 Å². The number of hydrogen-bond acceptors (Lipinski definition) is 5. The molecule has 1 aliphatic heterocycles. The topological polar surface area (TPSA) is 77.3 Å². The maximum Gasteiger partial charge on any atom is 0.310 e. The molecule has 0 spiro atoms. The normalized spacial score (nSPS) is 18.9. The molecule has 1 fully saturated rings. The molecule has 1 aromatic heterocycles. The summed E-state index contributed by atoms with van der Waals surface area (Å²) >= 11 is 0. The quantitative estimate of drug-likeness (QED) is 0.733. The van der Waals surface area contributed by atoms with Gasteiger partial charge in [0.15, 0.2) is 0 Å². The van der Waals surface area contributed by atoms with Gasteiger partial charge < -0.3 is 9.64 Å². The van der Waals surface area contributed by atoms with Crippen LogP contribution in [0.15, 0.2) is 12.7 Å². The van der Waals surface area contributed by atoms with E-state index in [1.54, 1.807) is 22.8 Å². The molecule has 0 aliphatic carbocycles. The lowest BCUT2D eigenvalue weighted by Gasteiger charge is -2.31. The van der Waals surface area contributed by atoms with Crippen LogP contribution >= 0.6 is 0 Å². The van der Waals surface area contributed by atoms with Crippen LogP contribution in [0.25, 0.3) is 0 Å². The zero-order valence-corrected chi connectivity index (χ0v) is 11.7. The van der Waals surface area contributed by atoms with Crippen LogP contribution in [0.3, 0.4) is 0 Å². The molecule has 0 unspecified atom stereocenters. The van der Waals surface area contributed by atoms with Crippen molar-refractivity contribution in [2.75, 3.05) is 19.7 Å². The van der Waals surface area contributed by atoms with E-state index in [1.807, 2.05) is 0 Å². The van der Waals surface area contributed by atoms with Crippen LogP contribution in [0.5, 0.6) is 0 Å². The van der Waals surface area contributed by atoms with Gasteiger partial charge in [-0.2, -0.15) is 5.10 Å². The highest BCUT2D eigenvalue weighted by Gasteiger charge is 2.29. The lowest BCUT2D eigenvalue weighted by Crippen LogP contribution is -2.43. The van der Waals surface area contributed by atoms with Gasteiger partial charge in [0.25, 0.3) is 0 Å². The second-order valence-electron chi connectivity index (χ2n) is 4.84. The first kappa shape index (κ1) is 14.5. The van der Waals surface area contributed by atoms with Crippen LogP contribution in [0.1, 0.15) is 26.2 Å². The van der Waals surface area contributed by atoms with Crippen LogP contribution in [0, 0.1) is 5.92 Å². The lowest BCUT2D eigenvalue weighted by atomic mass is 9.98. The highest BCUT2D eigenvalue weighted by molar-refractivity contribution is 5.78. The minimum atomic E-state index is -0.193. The summed E-state index contributed by atoms with van der Waals surface area (Å²) in [6.07, 6.45) is 5.05. The minimum Gasteiger partial charge on any atom is -0.466 e. The molecule has 110 valence electrons. The molecule has 7 nitrogen and oxygen atoms in total. The molecule has 2 rings (SSSR count). The fourth-order valence-corrected chi connectivity index (χ4v) is 2.37. The highest BCUT2D eigenvalue weighted by Crippen LogP contribution is 2.18. The molecule has 0 bridgehead atoms. The van der Waals surface area contributed by atoms with Crippen LogP contribution in [-0.4, -0.2) is 51.2 Å². The van der Waals surface area contributed by atoms with Crippen molar-refractivity contribution in [1.82, 2.24) is 19.7 Å². The van der Waals surface area contributed by atoms with Gasteiger partial charge in [0.05, 0.1) is 19.1 Å². The van der Waals surface area contributed by atoms with Crippen LogP contribution in [-0.2, 0) is 20.9 Å². The van der Waals surface area contributed by atoms with Crippen molar-refractivity contribution in [2.45, 2.75) is 32.7 Å². The third-order valence-corrected chi connectivity index (χ3v) is 3.42. The molecule has 0 radical (unpaired) electrons. The van der Waals surface area contributed by atoms with Crippen LogP contribution in [0.4, 0.5) is 0 Å². The van der Waals surface area contributed by atoms with E-state index >= 15 is 0 Å². The van der Waals surface area contributed by atoms with E-state index < -0.39 is 0 Å². The molecule has 1 aromatic rings. The van der Waals surface area contributed by atoms with Crippen LogP contribution < -0.4 is 0 Å². The molecule has 1 atom stereocenters. The van der Waals surface area contributed by atoms with Gasteiger partial charge in [-0.15, -0.1) is 0 Å². The molecule has 2 heterocycles. The number of aromatic nitrogens is 3. The van der Waals surface area contributed by atoms with Crippen molar-refractivity contribution in [3.63, 3.8) is 0 Å². The first-order chi connectivity index (χ1) is 9.70. The predicted molar refractivity (Wildman–Crippen MR) is 70.6 cm³/mol. The van der Waals surface area contributed by atoms with Gasteiger partial charge in [0, 0.05) is 19.5 Å². The zero-order valence-electron chi connectivity index (χ0n) is 11.7. The van der Waals surface area contributed by atoms with Crippen molar-refractivity contribution >= 4 is 11.9 Å². The lowest BCUT2D eigenvalue weighted by molar-refractivity contribution is -0.151. The van der Waals surface area contributed by atoms with Crippen molar-refractivity contribution in [2.24, 2.45) is 5.92 Å². The first-order valence-electron chi connectivity index (χ1n) is 6.97. The fraction of sp³-hybridized carbons (Fsp3) is 0.692. The Bertz CT molecular complexity index is 446. The summed E-state index contributed by atoms with van der Waals surface area (Å²) in [5, 5.41) is 3.96. The molecule has 20 heavy (non-hydrogen) atoms. The molecule has 0 aromatic carbocycles. The maximum atomic E-state index is 12.1. The zero-order chi connectivity index (χ0) is 14.4. The maximum absolute atomic E-state index is 12.1. The first-order valence-corrected chi connectivity index (χ1v) is 6.97. The van der Waals surface area contributed by atoms with Gasteiger partial charge in [0.1, 0.15) is 12.7 Å². The Kier molecular flexibility index (Phi) is 5.09. The third-order valence-electron chi connectivity index (χ3n) is 3.42. The molecule has 0 saturated carbocycles. The Morgan fingerprint density at radius 2 is 2.30 bits per heavy atom. The van der Waals surface area contributed by atoms with E-state index in [4.69, 9.17) is 4.74 Å². The summed E-state index contributed by atoms with van der Waals surface area (Å²) < 4.78 is 6.66. The van der Waals surface area contributed by atoms with Gasteiger partial charge in [-0.1, -0.05) is 0 Å². The Balaban J connectivity index is 1.81. The van der Waals surface area contributed by atoms with Gasteiger partial charge in [-0.3, -0.25) is 14.3 Å². The number of likely N-dealkylation sites (tertiary alicyclic amines) is 1. The number of rotatable bonds is 5. The highest BCUT2D eigenvalue weighted by atomic mass is 16.5. The van der Waals surface area contributed by atoms with Gasteiger partial charge in [-0.25, -0.2) is 4.98 Å². The smallest absolute Gasteiger partial charge is 0.310 e. The number of nitrogens with zero attached hydrogens (tertiary/aromatic N) is 4. The Labute approximate surface area is 117 Å².